The zero-order valence-corrected chi connectivity index (χ0v) is 6.57. The first-order valence-electron chi connectivity index (χ1n) is 3.56. The van der Waals surface area contributed by atoms with E-state index in [2.05, 4.69) is 11.2 Å². The Bertz CT molecular complexity index is 306. The maximum atomic E-state index is 8.40. The molecule has 0 unspecified atom stereocenters. The average molecular weight is 159 g/mol. The van der Waals surface area contributed by atoms with Crippen molar-refractivity contribution in [3.05, 3.63) is 35.4 Å². The van der Waals surface area contributed by atoms with E-state index in [9.17, 15) is 0 Å². The molecule has 1 rings (SSSR count). The van der Waals surface area contributed by atoms with E-state index in [-0.39, 0.29) is 0 Å². The van der Waals surface area contributed by atoms with E-state index < -0.39 is 0 Å². The molecule has 0 aromatic heterocycles. The molecule has 12 heavy (non-hydrogen) atoms. The highest BCUT2D eigenvalue weighted by molar-refractivity contribution is 5.79. The van der Waals surface area contributed by atoms with E-state index in [1.54, 1.807) is 6.21 Å². The Hall–Kier alpha value is -1.82. The van der Waals surface area contributed by atoms with Gasteiger partial charge in [-0.15, -0.1) is 0 Å². The first-order chi connectivity index (χ1) is 5.86. The molecule has 1 aromatic carbocycles. The van der Waals surface area contributed by atoms with E-state index in [1.165, 1.54) is 0 Å². The van der Waals surface area contributed by atoms with Crippen molar-refractivity contribution in [2.45, 2.75) is 6.42 Å². The van der Waals surface area contributed by atoms with E-state index in [1.807, 2.05) is 24.3 Å². The lowest BCUT2D eigenvalue weighted by Crippen LogP contribution is -1.87. The number of hydrogen-bond donors (Lipinski definition) is 1. The number of nitrogens with two attached hydrogens (primary N) is 1. The van der Waals surface area contributed by atoms with Crippen molar-refractivity contribution in [1.29, 1.82) is 5.26 Å². The molecule has 0 aliphatic carbocycles. The van der Waals surface area contributed by atoms with E-state index in [0.29, 0.717) is 6.42 Å². The SMILES string of the molecule is N#CCc1ccc(C=NN)cc1. The highest BCUT2D eigenvalue weighted by Gasteiger charge is 1.90. The van der Waals surface area contributed by atoms with Crippen LogP contribution in [0.15, 0.2) is 29.4 Å². The molecule has 0 atom stereocenters. The van der Waals surface area contributed by atoms with Gasteiger partial charge >= 0.3 is 0 Å². The van der Waals surface area contributed by atoms with E-state index in [0.717, 1.165) is 11.1 Å². The monoisotopic (exact) mass is 159 g/mol. The van der Waals surface area contributed by atoms with Crippen LogP contribution in [0.4, 0.5) is 0 Å². The number of nitriles is 1. The molecule has 60 valence electrons. The van der Waals surface area contributed by atoms with Gasteiger partial charge in [-0.25, -0.2) is 0 Å². The summed E-state index contributed by atoms with van der Waals surface area (Å²) in [6.07, 6.45) is 2.01. The summed E-state index contributed by atoms with van der Waals surface area (Å²) in [5, 5.41) is 11.8. The van der Waals surface area contributed by atoms with Crippen LogP contribution in [0, 0.1) is 11.3 Å². The van der Waals surface area contributed by atoms with Gasteiger partial charge in [-0.1, -0.05) is 24.3 Å². The molecule has 0 fully saturated rings. The van der Waals surface area contributed by atoms with Gasteiger partial charge in [0.15, 0.2) is 0 Å². The first-order valence-corrected chi connectivity index (χ1v) is 3.56. The van der Waals surface area contributed by atoms with E-state index in [4.69, 9.17) is 11.1 Å². The van der Waals surface area contributed by atoms with Crippen LogP contribution < -0.4 is 5.84 Å². The topological polar surface area (TPSA) is 62.2 Å². The largest absolute Gasteiger partial charge is 0.323 e. The smallest absolute Gasteiger partial charge is 0.0669 e. The van der Waals surface area contributed by atoms with Crippen molar-refractivity contribution in [1.82, 2.24) is 0 Å². The predicted molar refractivity (Wildman–Crippen MR) is 47.5 cm³/mol. The standard InChI is InChI=1S/C9H9N3/c10-6-5-8-1-3-9(4-2-8)7-12-11/h1-4,7H,5,11H2. The summed E-state index contributed by atoms with van der Waals surface area (Å²) in [6, 6.07) is 9.61. The third-order valence-electron chi connectivity index (χ3n) is 1.49. The van der Waals surface area contributed by atoms with Gasteiger partial charge in [0.2, 0.25) is 0 Å². The second-order valence-corrected chi connectivity index (χ2v) is 2.35. The molecule has 0 aliphatic heterocycles. The lowest BCUT2D eigenvalue weighted by atomic mass is 10.1. The lowest BCUT2D eigenvalue weighted by Gasteiger charge is -1.94. The molecule has 3 heteroatoms. The van der Waals surface area contributed by atoms with Gasteiger partial charge in [0, 0.05) is 0 Å². The van der Waals surface area contributed by atoms with Crippen molar-refractivity contribution in [2.24, 2.45) is 10.9 Å². The Morgan fingerprint density at radius 1 is 1.42 bits per heavy atom. The molecule has 2 N–H and O–H groups in total. The van der Waals surface area contributed by atoms with Gasteiger partial charge in [0.05, 0.1) is 18.7 Å². The summed E-state index contributed by atoms with van der Waals surface area (Å²) in [5.41, 5.74) is 1.95. The van der Waals surface area contributed by atoms with E-state index >= 15 is 0 Å². The maximum Gasteiger partial charge on any atom is 0.0669 e. The van der Waals surface area contributed by atoms with Crippen LogP contribution in [0.25, 0.3) is 0 Å². The Morgan fingerprint density at radius 2 is 2.08 bits per heavy atom. The number of hydrazone groups is 1. The van der Waals surface area contributed by atoms with Crippen molar-refractivity contribution >= 4 is 6.21 Å². The Kier molecular flexibility index (Phi) is 2.86. The van der Waals surface area contributed by atoms with Gasteiger partial charge in [-0.2, -0.15) is 10.4 Å². The minimum Gasteiger partial charge on any atom is -0.323 e. The average Bonchev–Trinajstić information content (AvgIpc) is 2.09. The van der Waals surface area contributed by atoms with Gasteiger partial charge in [-0.05, 0) is 11.1 Å². The van der Waals surface area contributed by atoms with Crippen LogP contribution in [0.3, 0.4) is 0 Å². The fourth-order valence-electron chi connectivity index (χ4n) is 0.899. The van der Waals surface area contributed by atoms with Crippen LogP contribution >= 0.6 is 0 Å². The summed E-state index contributed by atoms with van der Waals surface area (Å²) < 4.78 is 0. The second kappa shape index (κ2) is 4.14. The summed E-state index contributed by atoms with van der Waals surface area (Å²) in [4.78, 5) is 0. The van der Waals surface area contributed by atoms with Crippen LogP contribution in [-0.4, -0.2) is 6.21 Å². The van der Waals surface area contributed by atoms with Crippen molar-refractivity contribution in [3.8, 4) is 6.07 Å². The molecule has 0 bridgehead atoms. The summed E-state index contributed by atoms with van der Waals surface area (Å²) >= 11 is 0. The summed E-state index contributed by atoms with van der Waals surface area (Å²) in [6.45, 7) is 0. The highest BCUT2D eigenvalue weighted by atomic mass is 15.1. The second-order valence-electron chi connectivity index (χ2n) is 2.35. The summed E-state index contributed by atoms with van der Waals surface area (Å²) in [5.74, 6) is 4.97. The highest BCUT2D eigenvalue weighted by Crippen LogP contribution is 2.02. The Balaban J connectivity index is 2.79. The Labute approximate surface area is 71.1 Å². The molecule has 3 nitrogen and oxygen atoms in total. The van der Waals surface area contributed by atoms with Crippen LogP contribution in [0.1, 0.15) is 11.1 Å². The number of benzene rings is 1. The summed E-state index contributed by atoms with van der Waals surface area (Å²) in [7, 11) is 0. The number of nitrogens with zero attached hydrogens (tertiary/aromatic N) is 2. The fourth-order valence-corrected chi connectivity index (χ4v) is 0.899. The minimum absolute atomic E-state index is 0.444. The molecule has 0 heterocycles. The Morgan fingerprint density at radius 3 is 2.58 bits per heavy atom. The van der Waals surface area contributed by atoms with Gasteiger partial charge in [0.1, 0.15) is 0 Å². The maximum absolute atomic E-state index is 8.40. The third kappa shape index (κ3) is 2.10. The molecule has 1 aromatic rings. The van der Waals surface area contributed by atoms with Crippen LogP contribution in [0.5, 0.6) is 0 Å². The quantitative estimate of drug-likeness (QED) is 0.398. The van der Waals surface area contributed by atoms with Gasteiger partial charge in [-0.3, -0.25) is 0 Å². The van der Waals surface area contributed by atoms with Crippen molar-refractivity contribution in [3.63, 3.8) is 0 Å². The predicted octanol–water partition coefficient (Wildman–Crippen LogP) is 1.05. The van der Waals surface area contributed by atoms with Crippen LogP contribution in [-0.2, 0) is 6.42 Å². The zero-order chi connectivity index (χ0) is 8.81. The lowest BCUT2D eigenvalue weighted by molar-refractivity contribution is 1.25. The zero-order valence-electron chi connectivity index (χ0n) is 6.57. The molecule has 0 radical (unpaired) electrons. The first kappa shape index (κ1) is 8.28. The number of hydrogen-bond acceptors (Lipinski definition) is 3. The third-order valence-corrected chi connectivity index (χ3v) is 1.49. The molecule has 0 saturated heterocycles. The fraction of sp³-hybridized carbons (Fsp3) is 0.111. The molecule has 0 saturated carbocycles. The van der Waals surface area contributed by atoms with Crippen molar-refractivity contribution < 1.29 is 0 Å². The molecular formula is C9H9N3. The van der Waals surface area contributed by atoms with Crippen LogP contribution in [0.2, 0.25) is 0 Å². The molecule has 0 aliphatic rings. The molecule has 0 amide bonds. The van der Waals surface area contributed by atoms with Crippen molar-refractivity contribution in [2.75, 3.05) is 0 Å². The minimum atomic E-state index is 0.444. The normalized spacial score (nSPS) is 9.92. The van der Waals surface area contributed by atoms with Gasteiger partial charge in [0.25, 0.3) is 0 Å². The molecule has 0 spiro atoms. The van der Waals surface area contributed by atoms with Gasteiger partial charge < -0.3 is 5.84 Å². The molecular weight excluding hydrogens is 150 g/mol. The number of rotatable bonds is 2.